The zero-order chi connectivity index (χ0) is 16.4. The predicted octanol–water partition coefficient (Wildman–Crippen LogP) is 2.85. The molecule has 0 atom stereocenters. The van der Waals surface area contributed by atoms with Crippen LogP contribution in [-0.4, -0.2) is 25.1 Å². The fraction of sp³-hybridized carbons (Fsp3) is 0.0667. The molecule has 1 N–H and O–H groups in total. The topological polar surface area (TPSA) is 76.1 Å². The summed E-state index contributed by atoms with van der Waals surface area (Å²) >= 11 is 1.26. The maximum atomic E-state index is 12.8. The van der Waals surface area contributed by atoms with Crippen molar-refractivity contribution in [2.45, 2.75) is 4.90 Å². The molecular weight excluding hydrogens is 339 g/mol. The minimum atomic E-state index is -3.83. The summed E-state index contributed by atoms with van der Waals surface area (Å²) in [5, 5.41) is 2.82. The molecule has 1 amide bonds. The lowest BCUT2D eigenvalue weighted by atomic mass is 10.3. The molecule has 0 spiro atoms. The Morgan fingerprint density at radius 2 is 1.83 bits per heavy atom. The molecule has 0 bridgehead atoms. The number of anilines is 1. The number of para-hydroxylation sites is 1. The number of rotatable bonds is 4. The number of amides is 1. The number of carbonyl (C=O) groups is 1. The van der Waals surface area contributed by atoms with E-state index in [0.29, 0.717) is 5.13 Å². The highest BCUT2D eigenvalue weighted by molar-refractivity contribution is 7.92. The third-order valence-corrected chi connectivity index (χ3v) is 5.62. The van der Waals surface area contributed by atoms with Gasteiger partial charge in [0.05, 0.1) is 15.1 Å². The highest BCUT2D eigenvalue weighted by Crippen LogP contribution is 2.25. The third-order valence-electron chi connectivity index (χ3n) is 3.03. The van der Waals surface area contributed by atoms with Crippen molar-refractivity contribution >= 4 is 42.4 Å². The van der Waals surface area contributed by atoms with Gasteiger partial charge in [-0.3, -0.25) is 4.79 Å². The number of nitrogens with zero attached hydrogens (tertiary/aromatic N) is 1. The first-order valence-electron chi connectivity index (χ1n) is 6.58. The molecule has 5 nitrogen and oxygen atoms in total. The maximum Gasteiger partial charge on any atom is 0.241 e. The van der Waals surface area contributed by atoms with Gasteiger partial charge in [-0.1, -0.05) is 23.5 Å². The number of sulfone groups is 1. The van der Waals surface area contributed by atoms with Gasteiger partial charge in [0.1, 0.15) is 11.6 Å². The fourth-order valence-electron chi connectivity index (χ4n) is 1.98. The van der Waals surface area contributed by atoms with Crippen molar-refractivity contribution in [3.63, 3.8) is 0 Å². The molecule has 3 rings (SSSR count). The molecule has 0 radical (unpaired) electrons. The zero-order valence-electron chi connectivity index (χ0n) is 11.7. The summed E-state index contributed by atoms with van der Waals surface area (Å²) in [5.41, 5.74) is 0.731. The second-order valence-electron chi connectivity index (χ2n) is 4.75. The number of hydrogen-bond donors (Lipinski definition) is 1. The van der Waals surface area contributed by atoms with Crippen molar-refractivity contribution < 1.29 is 17.6 Å². The summed E-state index contributed by atoms with van der Waals surface area (Å²) in [7, 11) is -3.83. The molecule has 8 heteroatoms. The van der Waals surface area contributed by atoms with Crippen LogP contribution in [0.25, 0.3) is 10.2 Å². The molecule has 3 aromatic rings. The standard InChI is InChI=1S/C15H11FN2O3S2/c16-10-5-7-11(8-6-10)23(20,21)9-14(19)18-15-17-12-3-1-2-4-13(12)22-15/h1-8H,9H2,(H,17,18,19). The van der Waals surface area contributed by atoms with Gasteiger partial charge in [-0.2, -0.15) is 0 Å². The number of halogens is 1. The van der Waals surface area contributed by atoms with E-state index in [1.165, 1.54) is 11.3 Å². The maximum absolute atomic E-state index is 12.8. The largest absolute Gasteiger partial charge is 0.301 e. The van der Waals surface area contributed by atoms with Crippen LogP contribution in [0, 0.1) is 5.82 Å². The van der Waals surface area contributed by atoms with Crippen molar-refractivity contribution in [2.75, 3.05) is 11.1 Å². The number of carbonyl (C=O) groups excluding carboxylic acids is 1. The van der Waals surface area contributed by atoms with E-state index in [0.717, 1.165) is 34.5 Å². The van der Waals surface area contributed by atoms with Gasteiger partial charge in [-0.05, 0) is 36.4 Å². The third kappa shape index (κ3) is 3.54. The van der Waals surface area contributed by atoms with Crippen molar-refractivity contribution in [3.8, 4) is 0 Å². The lowest BCUT2D eigenvalue weighted by Crippen LogP contribution is -2.22. The Morgan fingerprint density at radius 3 is 2.52 bits per heavy atom. The summed E-state index contributed by atoms with van der Waals surface area (Å²) in [5.74, 6) is -1.95. The molecule has 0 aliphatic carbocycles. The number of fused-ring (bicyclic) bond motifs is 1. The van der Waals surface area contributed by atoms with E-state index < -0.39 is 27.3 Å². The van der Waals surface area contributed by atoms with Crippen LogP contribution in [0.3, 0.4) is 0 Å². The van der Waals surface area contributed by atoms with Crippen molar-refractivity contribution in [1.29, 1.82) is 0 Å². The van der Waals surface area contributed by atoms with E-state index in [1.807, 2.05) is 18.2 Å². The molecule has 0 aliphatic heterocycles. The van der Waals surface area contributed by atoms with Crippen LogP contribution in [0.2, 0.25) is 0 Å². The molecule has 0 saturated heterocycles. The molecule has 0 unspecified atom stereocenters. The summed E-state index contributed by atoms with van der Waals surface area (Å²) in [4.78, 5) is 16.1. The molecular formula is C15H11FN2O3S2. The smallest absolute Gasteiger partial charge is 0.241 e. The van der Waals surface area contributed by atoms with Crippen LogP contribution in [0.4, 0.5) is 9.52 Å². The van der Waals surface area contributed by atoms with E-state index in [9.17, 15) is 17.6 Å². The van der Waals surface area contributed by atoms with E-state index >= 15 is 0 Å². The van der Waals surface area contributed by atoms with Crippen LogP contribution in [0.5, 0.6) is 0 Å². The Balaban J connectivity index is 1.74. The molecule has 0 fully saturated rings. The average molecular weight is 350 g/mol. The summed E-state index contributed by atoms with van der Waals surface area (Å²) in [6.45, 7) is 0. The Hall–Kier alpha value is -2.32. The molecule has 0 aliphatic rings. The van der Waals surface area contributed by atoms with E-state index in [4.69, 9.17) is 0 Å². The van der Waals surface area contributed by atoms with Gasteiger partial charge in [0.15, 0.2) is 15.0 Å². The lowest BCUT2D eigenvalue weighted by molar-refractivity contribution is -0.113. The van der Waals surface area contributed by atoms with Gasteiger partial charge in [-0.25, -0.2) is 17.8 Å². The summed E-state index contributed by atoms with van der Waals surface area (Å²) in [6, 6.07) is 11.7. The van der Waals surface area contributed by atoms with Crippen LogP contribution in [0.15, 0.2) is 53.4 Å². The molecule has 1 aromatic heterocycles. The average Bonchev–Trinajstić information content (AvgIpc) is 2.88. The van der Waals surface area contributed by atoms with E-state index in [1.54, 1.807) is 6.07 Å². The van der Waals surface area contributed by atoms with Crippen molar-refractivity contribution in [1.82, 2.24) is 4.98 Å². The quantitative estimate of drug-likeness (QED) is 0.734. The van der Waals surface area contributed by atoms with E-state index in [-0.39, 0.29) is 4.90 Å². The highest BCUT2D eigenvalue weighted by atomic mass is 32.2. The van der Waals surface area contributed by atoms with Crippen molar-refractivity contribution in [3.05, 3.63) is 54.3 Å². The highest BCUT2D eigenvalue weighted by Gasteiger charge is 2.20. The Labute approximate surface area is 135 Å². The first-order chi connectivity index (χ1) is 10.9. The molecule has 23 heavy (non-hydrogen) atoms. The minimum Gasteiger partial charge on any atom is -0.301 e. The molecule has 2 aromatic carbocycles. The monoisotopic (exact) mass is 350 g/mol. The van der Waals surface area contributed by atoms with Gasteiger partial charge in [0, 0.05) is 0 Å². The van der Waals surface area contributed by atoms with Crippen molar-refractivity contribution in [2.24, 2.45) is 0 Å². The number of benzene rings is 2. The zero-order valence-corrected chi connectivity index (χ0v) is 13.3. The van der Waals surface area contributed by atoms with Crippen LogP contribution in [-0.2, 0) is 14.6 Å². The summed E-state index contributed by atoms with van der Waals surface area (Å²) < 4.78 is 38.0. The summed E-state index contributed by atoms with van der Waals surface area (Å²) in [6.07, 6.45) is 0. The van der Waals surface area contributed by atoms with E-state index in [2.05, 4.69) is 10.3 Å². The molecule has 0 saturated carbocycles. The van der Waals surface area contributed by atoms with Crippen LogP contribution >= 0.6 is 11.3 Å². The first-order valence-corrected chi connectivity index (χ1v) is 9.05. The van der Waals surface area contributed by atoms with Gasteiger partial charge in [-0.15, -0.1) is 0 Å². The molecule has 118 valence electrons. The van der Waals surface area contributed by atoms with Gasteiger partial charge < -0.3 is 5.32 Å². The number of nitrogens with one attached hydrogen (secondary N) is 1. The van der Waals surface area contributed by atoms with Gasteiger partial charge >= 0.3 is 0 Å². The lowest BCUT2D eigenvalue weighted by Gasteiger charge is -2.04. The second kappa shape index (κ2) is 6.05. The number of hydrogen-bond acceptors (Lipinski definition) is 5. The Bertz CT molecular complexity index is 933. The predicted molar refractivity (Wildman–Crippen MR) is 86.7 cm³/mol. The van der Waals surface area contributed by atoms with Gasteiger partial charge in [0.25, 0.3) is 0 Å². The van der Waals surface area contributed by atoms with Gasteiger partial charge in [0.2, 0.25) is 5.91 Å². The second-order valence-corrected chi connectivity index (χ2v) is 7.77. The number of thiazole rings is 1. The van der Waals surface area contributed by atoms with Crippen LogP contribution in [0.1, 0.15) is 0 Å². The first kappa shape index (κ1) is 15.6. The fourth-order valence-corrected chi connectivity index (χ4v) is 4.00. The van der Waals surface area contributed by atoms with Crippen LogP contribution < -0.4 is 5.32 Å². The normalized spacial score (nSPS) is 11.5. The molecule has 1 heterocycles. The SMILES string of the molecule is O=C(CS(=O)(=O)c1ccc(F)cc1)Nc1nc2ccccc2s1. The Kier molecular flexibility index (Phi) is 4.10. The minimum absolute atomic E-state index is 0.0988. The number of aromatic nitrogens is 1. The Morgan fingerprint density at radius 1 is 1.13 bits per heavy atom.